The monoisotopic (exact) mass is 218 g/mol. The second-order valence-electron chi connectivity index (χ2n) is 7.65. The van der Waals surface area contributed by atoms with Crippen molar-refractivity contribution in [1.29, 1.82) is 0 Å². The third-order valence-corrected chi connectivity index (χ3v) is 7.57. The highest BCUT2D eigenvalue weighted by Crippen LogP contribution is 2.75. The average Bonchev–Trinajstić information content (AvgIpc) is 2.75. The zero-order chi connectivity index (χ0) is 11.1. The Labute approximate surface area is 100 Å². The molecular weight excluding hydrogens is 192 g/mol. The fourth-order valence-corrected chi connectivity index (χ4v) is 7.09. The van der Waals surface area contributed by atoms with Crippen LogP contribution < -0.4 is 0 Å². The number of fused-ring (bicyclic) bond motifs is 5. The molecule has 0 aromatic carbocycles. The molecule has 90 valence electrons. The van der Waals surface area contributed by atoms with E-state index in [0.717, 1.165) is 46.8 Å². The first-order chi connectivity index (χ1) is 7.67. The Morgan fingerprint density at radius 3 is 2.62 bits per heavy atom. The highest BCUT2D eigenvalue weighted by molar-refractivity contribution is 5.17. The van der Waals surface area contributed by atoms with Crippen molar-refractivity contribution in [3.63, 3.8) is 0 Å². The van der Waals surface area contributed by atoms with Crippen molar-refractivity contribution < 1.29 is 0 Å². The van der Waals surface area contributed by atoms with Crippen LogP contribution >= 0.6 is 0 Å². The molecule has 0 aromatic heterocycles. The molecule has 4 bridgehead atoms. The Morgan fingerprint density at radius 1 is 1.06 bits per heavy atom. The summed E-state index contributed by atoms with van der Waals surface area (Å²) in [4.78, 5) is 0. The van der Waals surface area contributed by atoms with E-state index in [1.165, 1.54) is 6.42 Å². The summed E-state index contributed by atoms with van der Waals surface area (Å²) in [6.45, 7) is 7.62. The summed E-state index contributed by atoms with van der Waals surface area (Å²) in [5, 5.41) is 0. The summed E-state index contributed by atoms with van der Waals surface area (Å²) in [7, 11) is 0. The third-order valence-electron chi connectivity index (χ3n) is 7.57. The van der Waals surface area contributed by atoms with Crippen LogP contribution in [0.2, 0.25) is 0 Å². The second kappa shape index (κ2) is 2.87. The van der Waals surface area contributed by atoms with Crippen LogP contribution in [-0.2, 0) is 0 Å². The van der Waals surface area contributed by atoms with E-state index in [4.69, 9.17) is 0 Å². The lowest BCUT2D eigenvalue weighted by Crippen LogP contribution is -2.55. The van der Waals surface area contributed by atoms with Crippen LogP contribution in [0.25, 0.3) is 0 Å². The molecule has 8 atom stereocenters. The summed E-state index contributed by atoms with van der Waals surface area (Å²) in [5.74, 6) is 7.74. The number of hydrogen-bond donors (Lipinski definition) is 0. The van der Waals surface area contributed by atoms with E-state index in [2.05, 4.69) is 20.8 Å². The van der Waals surface area contributed by atoms with Crippen molar-refractivity contribution in [2.45, 2.75) is 52.9 Å². The molecule has 0 heterocycles. The van der Waals surface area contributed by atoms with Gasteiger partial charge in [0.25, 0.3) is 0 Å². The smallest absolute Gasteiger partial charge is 0.0233 e. The molecular formula is C16H26. The molecule has 4 saturated carbocycles. The molecule has 0 radical (unpaired) electrons. The lowest BCUT2D eigenvalue weighted by atomic mass is 9.44. The maximum Gasteiger partial charge on any atom is -0.0233 e. The van der Waals surface area contributed by atoms with Gasteiger partial charge >= 0.3 is 0 Å². The van der Waals surface area contributed by atoms with E-state index < -0.39 is 0 Å². The maximum absolute atomic E-state index is 2.58. The van der Waals surface area contributed by atoms with Gasteiger partial charge in [0.2, 0.25) is 0 Å². The van der Waals surface area contributed by atoms with E-state index in [9.17, 15) is 0 Å². The fraction of sp³-hybridized carbons (Fsp3) is 1.00. The molecule has 0 saturated heterocycles. The summed E-state index contributed by atoms with van der Waals surface area (Å²) >= 11 is 0. The molecule has 16 heavy (non-hydrogen) atoms. The fourth-order valence-electron chi connectivity index (χ4n) is 7.09. The Morgan fingerprint density at radius 2 is 1.88 bits per heavy atom. The average molecular weight is 218 g/mol. The van der Waals surface area contributed by atoms with Gasteiger partial charge in [0.15, 0.2) is 0 Å². The zero-order valence-electron chi connectivity index (χ0n) is 11.1. The molecule has 0 N–H and O–H groups in total. The molecule has 4 aliphatic rings. The van der Waals surface area contributed by atoms with E-state index >= 15 is 0 Å². The van der Waals surface area contributed by atoms with Gasteiger partial charge in [-0.15, -0.1) is 0 Å². The minimum atomic E-state index is 0.832. The Balaban J connectivity index is 1.80. The number of hydrogen-bond acceptors (Lipinski definition) is 0. The van der Waals surface area contributed by atoms with Crippen LogP contribution in [0, 0.1) is 46.8 Å². The van der Waals surface area contributed by atoms with E-state index in [1.54, 1.807) is 25.7 Å². The molecule has 4 fully saturated rings. The predicted octanol–water partition coefficient (Wildman–Crippen LogP) is 4.35. The van der Waals surface area contributed by atoms with Gasteiger partial charge in [-0.25, -0.2) is 0 Å². The van der Waals surface area contributed by atoms with Gasteiger partial charge in [-0.1, -0.05) is 20.8 Å². The molecule has 4 rings (SSSR count). The first-order valence-corrected chi connectivity index (χ1v) is 7.67. The van der Waals surface area contributed by atoms with Crippen LogP contribution in [0.1, 0.15) is 52.9 Å². The van der Waals surface area contributed by atoms with Gasteiger partial charge in [0.1, 0.15) is 0 Å². The minimum absolute atomic E-state index is 0.832. The van der Waals surface area contributed by atoms with Crippen molar-refractivity contribution in [3.8, 4) is 0 Å². The highest BCUT2D eigenvalue weighted by atomic mass is 14.7. The van der Waals surface area contributed by atoms with Crippen molar-refractivity contribution in [2.75, 3.05) is 0 Å². The predicted molar refractivity (Wildman–Crippen MR) is 67.0 cm³/mol. The molecule has 0 heteroatoms. The van der Waals surface area contributed by atoms with E-state index in [-0.39, 0.29) is 0 Å². The second-order valence-corrected chi connectivity index (χ2v) is 7.65. The topological polar surface area (TPSA) is 0 Å². The van der Waals surface area contributed by atoms with Crippen LogP contribution in [0.5, 0.6) is 0 Å². The third kappa shape index (κ3) is 0.875. The lowest BCUT2D eigenvalue weighted by molar-refractivity contribution is -0.132. The molecule has 0 spiro atoms. The van der Waals surface area contributed by atoms with Crippen molar-refractivity contribution in [2.24, 2.45) is 46.8 Å². The summed E-state index contributed by atoms with van der Waals surface area (Å²) < 4.78 is 0. The van der Waals surface area contributed by atoms with Crippen LogP contribution in [0.15, 0.2) is 0 Å². The summed E-state index contributed by atoms with van der Waals surface area (Å²) in [6.07, 6.45) is 7.90. The van der Waals surface area contributed by atoms with Gasteiger partial charge in [-0.2, -0.15) is 0 Å². The summed E-state index contributed by atoms with van der Waals surface area (Å²) in [5.41, 5.74) is 0.832. The van der Waals surface area contributed by atoms with E-state index in [1.807, 2.05) is 0 Å². The maximum atomic E-state index is 2.58. The van der Waals surface area contributed by atoms with Crippen LogP contribution in [0.4, 0.5) is 0 Å². The standard InChI is InChI=1S/C16H26/c1-4-16-8-12-7-14(16)10(3)15(16)13-6-11(12)5-9(13)2/h9-15H,4-8H2,1-3H3. The van der Waals surface area contributed by atoms with Gasteiger partial charge in [0, 0.05) is 0 Å². The SMILES string of the molecule is CCC12CC3CC1C(C)C2C1CC3CC1C. The molecule has 4 aliphatic carbocycles. The van der Waals surface area contributed by atoms with Crippen LogP contribution in [-0.4, -0.2) is 0 Å². The Kier molecular flexibility index (Phi) is 1.79. The van der Waals surface area contributed by atoms with Crippen molar-refractivity contribution in [3.05, 3.63) is 0 Å². The van der Waals surface area contributed by atoms with Crippen LogP contribution in [0.3, 0.4) is 0 Å². The lowest BCUT2D eigenvalue weighted by Gasteiger charge is -2.61. The highest BCUT2D eigenvalue weighted by Gasteiger charge is 2.68. The quantitative estimate of drug-likeness (QED) is 0.614. The molecule has 0 nitrogen and oxygen atoms in total. The van der Waals surface area contributed by atoms with E-state index in [0.29, 0.717) is 0 Å². The molecule has 0 aromatic rings. The Bertz CT molecular complexity index is 320. The minimum Gasteiger partial charge on any atom is -0.0648 e. The zero-order valence-corrected chi connectivity index (χ0v) is 11.1. The first-order valence-electron chi connectivity index (χ1n) is 7.67. The summed E-state index contributed by atoms with van der Waals surface area (Å²) in [6, 6.07) is 0. The van der Waals surface area contributed by atoms with Gasteiger partial charge in [-0.05, 0) is 78.9 Å². The first kappa shape index (κ1) is 9.97. The van der Waals surface area contributed by atoms with Gasteiger partial charge in [0.05, 0.1) is 0 Å². The Hall–Kier alpha value is 0. The van der Waals surface area contributed by atoms with Crippen molar-refractivity contribution >= 4 is 0 Å². The van der Waals surface area contributed by atoms with Gasteiger partial charge < -0.3 is 0 Å². The molecule has 8 unspecified atom stereocenters. The van der Waals surface area contributed by atoms with Gasteiger partial charge in [-0.3, -0.25) is 0 Å². The molecule has 0 aliphatic heterocycles. The normalized spacial score (nSPS) is 66.6. The largest absolute Gasteiger partial charge is 0.0648 e. The number of rotatable bonds is 1. The molecule has 0 amide bonds. The van der Waals surface area contributed by atoms with Crippen molar-refractivity contribution in [1.82, 2.24) is 0 Å².